The van der Waals surface area contributed by atoms with E-state index in [2.05, 4.69) is 12.2 Å². The summed E-state index contributed by atoms with van der Waals surface area (Å²) >= 11 is 7.76. The van der Waals surface area contributed by atoms with Crippen LogP contribution in [0.3, 0.4) is 0 Å². The Hall–Kier alpha value is -1.27. The number of nitrogens with zero attached hydrogens (tertiary/aromatic N) is 1. The summed E-state index contributed by atoms with van der Waals surface area (Å²) in [6.07, 6.45) is 2.20. The van der Waals surface area contributed by atoms with Gasteiger partial charge in [0, 0.05) is 17.4 Å². The molecule has 1 aliphatic heterocycles. The molecule has 0 spiro atoms. The molecular formula is C13H15ClN2O3S. The minimum atomic E-state index is -0.590. The first kappa shape index (κ1) is 15.1. The molecule has 0 aliphatic carbocycles. The van der Waals surface area contributed by atoms with E-state index < -0.39 is 4.92 Å². The van der Waals surface area contributed by atoms with E-state index in [1.54, 1.807) is 0 Å². The zero-order chi connectivity index (χ0) is 14.8. The van der Waals surface area contributed by atoms with Gasteiger partial charge in [-0.25, -0.2) is 0 Å². The van der Waals surface area contributed by atoms with E-state index in [0.717, 1.165) is 18.6 Å². The number of rotatable bonds is 4. The molecule has 0 bridgehead atoms. The van der Waals surface area contributed by atoms with Crippen molar-refractivity contribution >= 4 is 35.0 Å². The van der Waals surface area contributed by atoms with E-state index in [4.69, 9.17) is 11.6 Å². The molecule has 1 aliphatic rings. The molecule has 1 heterocycles. The first-order valence-electron chi connectivity index (χ1n) is 6.28. The lowest BCUT2D eigenvalue weighted by Crippen LogP contribution is -2.36. The maximum Gasteiger partial charge on any atom is 0.288 e. The molecule has 1 fully saturated rings. The molecule has 1 N–H and O–H groups in total. The summed E-state index contributed by atoms with van der Waals surface area (Å²) in [6, 6.07) is 4.24. The highest BCUT2D eigenvalue weighted by atomic mass is 35.5. The lowest BCUT2D eigenvalue weighted by molar-refractivity contribution is -0.384. The number of nitro benzene ring substituents is 1. The van der Waals surface area contributed by atoms with E-state index in [1.807, 2.05) is 11.8 Å². The van der Waals surface area contributed by atoms with Crippen LogP contribution >= 0.6 is 23.4 Å². The average Bonchev–Trinajstić information content (AvgIpc) is 2.83. The molecule has 1 saturated heterocycles. The van der Waals surface area contributed by atoms with Crippen molar-refractivity contribution in [2.24, 2.45) is 0 Å². The summed E-state index contributed by atoms with van der Waals surface area (Å²) in [5.74, 6) is 0.733. The Morgan fingerprint density at radius 2 is 2.35 bits per heavy atom. The maximum absolute atomic E-state index is 12.1. The third-order valence-electron chi connectivity index (χ3n) is 3.34. The largest absolute Gasteiger partial charge is 0.351 e. The molecule has 20 heavy (non-hydrogen) atoms. The van der Waals surface area contributed by atoms with Gasteiger partial charge >= 0.3 is 0 Å². The highest BCUT2D eigenvalue weighted by molar-refractivity contribution is 8.00. The number of nitrogens with one attached hydrogen (secondary N) is 1. The molecule has 1 atom stereocenters. The zero-order valence-electron chi connectivity index (χ0n) is 11.0. The van der Waals surface area contributed by atoms with Gasteiger partial charge in [-0.2, -0.15) is 11.8 Å². The molecule has 1 amide bonds. The number of carbonyl (C=O) groups is 1. The molecular weight excluding hydrogens is 300 g/mol. The molecule has 5 nitrogen and oxygen atoms in total. The van der Waals surface area contributed by atoms with Crippen molar-refractivity contribution in [3.05, 3.63) is 38.9 Å². The van der Waals surface area contributed by atoms with Crippen molar-refractivity contribution in [2.75, 3.05) is 12.3 Å². The van der Waals surface area contributed by atoms with Crippen LogP contribution in [0, 0.1) is 10.1 Å². The number of nitro groups is 1. The number of halogens is 1. The first-order valence-corrected chi connectivity index (χ1v) is 7.64. The maximum atomic E-state index is 12.1. The molecule has 0 aromatic heterocycles. The predicted octanol–water partition coefficient (Wildman–Crippen LogP) is 3.26. The van der Waals surface area contributed by atoms with Crippen LogP contribution in [0.25, 0.3) is 0 Å². The standard InChI is InChI=1S/C13H15ClN2O3S/c1-13(6-3-7-20-13)8-15-12(17)9-4-2-5-10(11(9)14)16(18)19/h2,4-5H,3,6-8H2,1H3,(H,15,17). The SMILES string of the molecule is CC1(CNC(=O)c2cccc([N+](=O)[O-])c2Cl)CCCS1. The van der Waals surface area contributed by atoms with Crippen LogP contribution in [0.15, 0.2) is 18.2 Å². The van der Waals surface area contributed by atoms with Gasteiger partial charge in [-0.3, -0.25) is 14.9 Å². The summed E-state index contributed by atoms with van der Waals surface area (Å²) in [5, 5.41) is 13.5. The Morgan fingerprint density at radius 1 is 1.60 bits per heavy atom. The fourth-order valence-corrected chi connectivity index (χ4v) is 3.70. The van der Waals surface area contributed by atoms with Crippen molar-refractivity contribution in [1.82, 2.24) is 5.32 Å². The van der Waals surface area contributed by atoms with Gasteiger partial charge in [0.25, 0.3) is 11.6 Å². The van der Waals surface area contributed by atoms with Gasteiger partial charge in [-0.1, -0.05) is 17.7 Å². The fraction of sp³-hybridized carbons (Fsp3) is 0.462. The second-order valence-corrected chi connectivity index (χ2v) is 7.04. The third-order valence-corrected chi connectivity index (χ3v) is 5.28. The van der Waals surface area contributed by atoms with Crippen LogP contribution in [0.4, 0.5) is 5.69 Å². The number of hydrogen-bond donors (Lipinski definition) is 1. The summed E-state index contributed by atoms with van der Waals surface area (Å²) < 4.78 is 0.0445. The molecule has 7 heteroatoms. The van der Waals surface area contributed by atoms with Crippen LogP contribution in [0.2, 0.25) is 5.02 Å². The minimum Gasteiger partial charge on any atom is -0.351 e. The number of thioether (sulfide) groups is 1. The summed E-state index contributed by atoms with van der Waals surface area (Å²) in [6.45, 7) is 2.65. The van der Waals surface area contributed by atoms with Gasteiger partial charge in [0.05, 0.1) is 10.5 Å². The van der Waals surface area contributed by atoms with Crippen LogP contribution in [-0.2, 0) is 0 Å². The molecule has 1 aromatic rings. The molecule has 0 radical (unpaired) electrons. The van der Waals surface area contributed by atoms with E-state index in [9.17, 15) is 14.9 Å². The number of hydrogen-bond acceptors (Lipinski definition) is 4. The number of benzene rings is 1. The Kier molecular flexibility index (Phi) is 4.55. The van der Waals surface area contributed by atoms with Crippen LogP contribution in [0.1, 0.15) is 30.1 Å². The van der Waals surface area contributed by atoms with Gasteiger partial charge in [-0.15, -0.1) is 0 Å². The van der Waals surface area contributed by atoms with Gasteiger partial charge in [-0.05, 0) is 31.6 Å². The van der Waals surface area contributed by atoms with Gasteiger partial charge in [0.2, 0.25) is 0 Å². The minimum absolute atomic E-state index is 0.0445. The van der Waals surface area contributed by atoms with E-state index >= 15 is 0 Å². The van der Waals surface area contributed by atoms with Crippen LogP contribution < -0.4 is 5.32 Å². The van der Waals surface area contributed by atoms with E-state index in [-0.39, 0.29) is 26.9 Å². The Bertz CT molecular complexity index is 544. The molecule has 108 valence electrons. The molecule has 1 aromatic carbocycles. The third kappa shape index (κ3) is 3.24. The lowest BCUT2D eigenvalue weighted by atomic mass is 10.1. The Labute approximate surface area is 126 Å². The molecule has 2 rings (SSSR count). The highest BCUT2D eigenvalue weighted by Gasteiger charge is 2.30. The first-order chi connectivity index (χ1) is 9.43. The Balaban J connectivity index is 2.09. The number of amides is 1. The summed E-state index contributed by atoms with van der Waals surface area (Å²) in [7, 11) is 0. The second-order valence-electron chi connectivity index (χ2n) is 4.98. The number of carbonyl (C=O) groups excluding carboxylic acids is 1. The molecule has 1 unspecified atom stereocenters. The predicted molar refractivity (Wildman–Crippen MR) is 80.5 cm³/mol. The second kappa shape index (κ2) is 6.01. The van der Waals surface area contributed by atoms with Crippen molar-refractivity contribution in [2.45, 2.75) is 24.5 Å². The van der Waals surface area contributed by atoms with Gasteiger partial charge < -0.3 is 5.32 Å². The summed E-state index contributed by atoms with van der Waals surface area (Å²) in [5.41, 5.74) is -0.103. The molecule has 0 saturated carbocycles. The Morgan fingerprint density at radius 3 is 2.95 bits per heavy atom. The van der Waals surface area contributed by atoms with Crippen LogP contribution in [0.5, 0.6) is 0 Å². The zero-order valence-corrected chi connectivity index (χ0v) is 12.6. The van der Waals surface area contributed by atoms with E-state index in [0.29, 0.717) is 6.54 Å². The van der Waals surface area contributed by atoms with Crippen LogP contribution in [-0.4, -0.2) is 27.9 Å². The average molecular weight is 315 g/mol. The van der Waals surface area contributed by atoms with Crippen molar-refractivity contribution in [1.29, 1.82) is 0 Å². The van der Waals surface area contributed by atoms with Crippen molar-refractivity contribution < 1.29 is 9.72 Å². The van der Waals surface area contributed by atoms with E-state index in [1.165, 1.54) is 18.2 Å². The highest BCUT2D eigenvalue weighted by Crippen LogP contribution is 2.37. The van der Waals surface area contributed by atoms with Crippen molar-refractivity contribution in [3.8, 4) is 0 Å². The topological polar surface area (TPSA) is 72.2 Å². The monoisotopic (exact) mass is 314 g/mol. The van der Waals surface area contributed by atoms with Crippen molar-refractivity contribution in [3.63, 3.8) is 0 Å². The van der Waals surface area contributed by atoms with Gasteiger partial charge in [0.1, 0.15) is 5.02 Å². The summed E-state index contributed by atoms with van der Waals surface area (Å²) in [4.78, 5) is 22.3. The quantitative estimate of drug-likeness (QED) is 0.684. The normalized spacial score (nSPS) is 21.7. The lowest BCUT2D eigenvalue weighted by Gasteiger charge is -2.22. The fourth-order valence-electron chi connectivity index (χ4n) is 2.17. The van der Waals surface area contributed by atoms with Gasteiger partial charge in [0.15, 0.2) is 0 Å². The smallest absolute Gasteiger partial charge is 0.288 e.